The number of rotatable bonds is 6. The van der Waals surface area contributed by atoms with Crippen LogP contribution in [-0.4, -0.2) is 41.8 Å². The number of nitro benzene ring substituents is 1. The fourth-order valence-electron chi connectivity index (χ4n) is 3.90. The zero-order valence-electron chi connectivity index (χ0n) is 16.8. The number of fused-ring (bicyclic) bond motifs is 1. The third-order valence-corrected chi connectivity index (χ3v) is 7.71. The summed E-state index contributed by atoms with van der Waals surface area (Å²) in [6.07, 6.45) is 4.23. The summed E-state index contributed by atoms with van der Waals surface area (Å²) in [7, 11) is -3.61. The highest BCUT2D eigenvalue weighted by molar-refractivity contribution is 7.92. The van der Waals surface area contributed by atoms with Gasteiger partial charge in [0.05, 0.1) is 16.7 Å². The van der Waals surface area contributed by atoms with Crippen LogP contribution in [0.2, 0.25) is 0 Å². The summed E-state index contributed by atoms with van der Waals surface area (Å²) in [4.78, 5) is 36.9. The van der Waals surface area contributed by atoms with Crippen molar-refractivity contribution >= 4 is 55.5 Å². The van der Waals surface area contributed by atoms with E-state index in [0.717, 1.165) is 41.0 Å². The van der Waals surface area contributed by atoms with Crippen molar-refractivity contribution in [3.05, 3.63) is 55.9 Å². The average Bonchev–Trinajstić information content (AvgIpc) is 3.09. The van der Waals surface area contributed by atoms with Gasteiger partial charge in [0, 0.05) is 17.0 Å². The molecule has 10 nitrogen and oxygen atoms in total. The molecule has 2 atom stereocenters. The number of benzene rings is 1. The molecule has 0 bridgehead atoms. The maximum atomic E-state index is 13.2. The number of hydrogen-bond acceptors (Lipinski definition) is 7. The van der Waals surface area contributed by atoms with E-state index in [1.54, 1.807) is 0 Å². The van der Waals surface area contributed by atoms with Gasteiger partial charge in [-0.1, -0.05) is 0 Å². The summed E-state index contributed by atoms with van der Waals surface area (Å²) < 4.78 is 26.1. The SMILES string of the molecule is CS(=O)(=O)Nc1sc2c(c1C(=O)NN1C(=O)C(Cl)C1c1ccc([N+](=O)[O-])cc1)CCCC2. The molecule has 2 aromatic rings. The summed E-state index contributed by atoms with van der Waals surface area (Å²) in [5.74, 6) is -1.13. The standard InChI is InChI=1S/C19H19ClN4O6S2/c1-32(29,30)22-18-14(12-4-2-3-5-13(12)31-18)17(25)21-23-16(15(20)19(23)26)10-6-8-11(9-7-10)24(27)28/h6-9,15-16,22H,2-5H2,1H3,(H,21,25). The first-order chi connectivity index (χ1) is 15.1. The van der Waals surface area contributed by atoms with Gasteiger partial charge in [-0.05, 0) is 48.9 Å². The number of carbonyl (C=O) groups excluding carboxylic acids is 2. The van der Waals surface area contributed by atoms with Gasteiger partial charge >= 0.3 is 0 Å². The highest BCUT2D eigenvalue weighted by Gasteiger charge is 2.49. The minimum atomic E-state index is -3.61. The molecule has 2 heterocycles. The van der Waals surface area contributed by atoms with Crippen LogP contribution in [0.1, 0.15) is 45.2 Å². The summed E-state index contributed by atoms with van der Waals surface area (Å²) in [5, 5.41) is 11.2. The van der Waals surface area contributed by atoms with Gasteiger partial charge in [-0.25, -0.2) is 13.4 Å². The van der Waals surface area contributed by atoms with Gasteiger partial charge in [-0.15, -0.1) is 22.9 Å². The number of nitro groups is 1. The third-order valence-electron chi connectivity index (χ3n) is 5.37. The number of halogens is 1. The van der Waals surface area contributed by atoms with Gasteiger partial charge in [-0.3, -0.25) is 29.9 Å². The molecule has 0 spiro atoms. The van der Waals surface area contributed by atoms with Crippen molar-refractivity contribution in [2.45, 2.75) is 37.1 Å². The van der Waals surface area contributed by atoms with Crippen LogP contribution in [0, 0.1) is 10.1 Å². The summed E-state index contributed by atoms with van der Waals surface area (Å²) in [6, 6.07) is 4.84. The number of aryl methyl sites for hydroxylation is 1. The Morgan fingerprint density at radius 3 is 2.53 bits per heavy atom. The van der Waals surface area contributed by atoms with E-state index < -0.39 is 38.2 Å². The molecule has 13 heteroatoms. The Balaban J connectivity index is 1.62. The smallest absolute Gasteiger partial charge is 0.273 e. The number of thiophene rings is 1. The molecular formula is C19H19ClN4O6S2. The van der Waals surface area contributed by atoms with Crippen molar-refractivity contribution in [3.63, 3.8) is 0 Å². The van der Waals surface area contributed by atoms with Crippen LogP contribution in [0.5, 0.6) is 0 Å². The first-order valence-electron chi connectivity index (χ1n) is 9.71. The van der Waals surface area contributed by atoms with Crippen molar-refractivity contribution < 1.29 is 22.9 Å². The van der Waals surface area contributed by atoms with Gasteiger partial charge in [0.15, 0.2) is 0 Å². The zero-order chi connectivity index (χ0) is 23.2. The number of nitrogens with one attached hydrogen (secondary N) is 2. The minimum absolute atomic E-state index is 0.109. The molecule has 1 aromatic carbocycles. The van der Waals surface area contributed by atoms with Crippen LogP contribution in [-0.2, 0) is 27.7 Å². The second-order valence-corrected chi connectivity index (χ2v) is 11.0. The van der Waals surface area contributed by atoms with Crippen LogP contribution < -0.4 is 10.1 Å². The number of sulfonamides is 1. The van der Waals surface area contributed by atoms with Gasteiger partial charge in [0.2, 0.25) is 10.0 Å². The molecule has 1 aromatic heterocycles. The van der Waals surface area contributed by atoms with Crippen LogP contribution in [0.25, 0.3) is 0 Å². The molecule has 1 aliphatic heterocycles. The first kappa shape index (κ1) is 22.5. The number of carbonyl (C=O) groups is 2. The van der Waals surface area contributed by atoms with E-state index in [-0.39, 0.29) is 16.3 Å². The van der Waals surface area contributed by atoms with E-state index in [1.165, 1.54) is 35.6 Å². The molecule has 2 amide bonds. The number of hydrazine groups is 1. The fraction of sp³-hybridized carbons (Fsp3) is 0.368. The summed E-state index contributed by atoms with van der Waals surface area (Å²) in [5.41, 5.74) is 3.97. The Hall–Kier alpha value is -2.70. The molecule has 2 unspecified atom stereocenters. The monoisotopic (exact) mass is 498 g/mol. The van der Waals surface area contributed by atoms with Gasteiger partial charge < -0.3 is 0 Å². The number of β-lactam (4-membered cyclic amide) rings is 1. The number of nitrogens with zero attached hydrogens (tertiary/aromatic N) is 2. The molecule has 2 aliphatic rings. The van der Waals surface area contributed by atoms with Gasteiger partial charge in [-0.2, -0.15) is 0 Å². The predicted molar refractivity (Wildman–Crippen MR) is 119 cm³/mol. The Labute approximate surface area is 192 Å². The quantitative estimate of drug-likeness (QED) is 0.272. The Bertz CT molecular complexity index is 1210. The largest absolute Gasteiger partial charge is 0.274 e. The molecule has 0 saturated carbocycles. The molecule has 170 valence electrons. The summed E-state index contributed by atoms with van der Waals surface area (Å²) >= 11 is 7.40. The highest BCUT2D eigenvalue weighted by Crippen LogP contribution is 2.41. The lowest BCUT2D eigenvalue weighted by Gasteiger charge is -2.44. The lowest BCUT2D eigenvalue weighted by molar-refractivity contribution is -0.384. The minimum Gasteiger partial charge on any atom is -0.274 e. The molecule has 1 saturated heterocycles. The molecule has 1 fully saturated rings. The lowest BCUT2D eigenvalue weighted by atomic mass is 9.94. The number of alkyl halides is 1. The number of amides is 2. The number of non-ortho nitro benzene ring substituents is 1. The van der Waals surface area contributed by atoms with Crippen molar-refractivity contribution in [2.24, 2.45) is 0 Å². The van der Waals surface area contributed by atoms with E-state index >= 15 is 0 Å². The molecule has 2 N–H and O–H groups in total. The Morgan fingerprint density at radius 1 is 1.25 bits per heavy atom. The van der Waals surface area contributed by atoms with Crippen molar-refractivity contribution in [1.82, 2.24) is 10.4 Å². The van der Waals surface area contributed by atoms with E-state index in [4.69, 9.17) is 11.6 Å². The third kappa shape index (κ3) is 4.17. The maximum Gasteiger partial charge on any atom is 0.273 e. The van der Waals surface area contributed by atoms with Crippen LogP contribution >= 0.6 is 22.9 Å². The second kappa shape index (κ2) is 8.34. The number of anilines is 1. The summed E-state index contributed by atoms with van der Waals surface area (Å²) in [6.45, 7) is 0. The number of hydrogen-bond donors (Lipinski definition) is 2. The molecular weight excluding hydrogens is 480 g/mol. The molecule has 0 radical (unpaired) electrons. The maximum absolute atomic E-state index is 13.2. The molecule has 4 rings (SSSR count). The second-order valence-electron chi connectivity index (χ2n) is 7.63. The predicted octanol–water partition coefficient (Wildman–Crippen LogP) is 2.74. The van der Waals surface area contributed by atoms with Crippen LogP contribution in [0.15, 0.2) is 24.3 Å². The van der Waals surface area contributed by atoms with Crippen molar-refractivity contribution in [2.75, 3.05) is 11.0 Å². The Kier molecular flexibility index (Phi) is 5.86. The van der Waals surface area contributed by atoms with Gasteiger partial charge in [0.25, 0.3) is 17.5 Å². The molecule has 1 aliphatic carbocycles. The lowest BCUT2D eigenvalue weighted by Crippen LogP contribution is -2.63. The Morgan fingerprint density at radius 2 is 1.91 bits per heavy atom. The topological polar surface area (TPSA) is 139 Å². The van der Waals surface area contributed by atoms with Crippen molar-refractivity contribution in [3.8, 4) is 0 Å². The van der Waals surface area contributed by atoms with Gasteiger partial charge in [0.1, 0.15) is 16.4 Å². The van der Waals surface area contributed by atoms with Crippen LogP contribution in [0.3, 0.4) is 0 Å². The average molecular weight is 499 g/mol. The fourth-order valence-corrected chi connectivity index (χ4v) is 6.46. The van der Waals surface area contributed by atoms with E-state index in [0.29, 0.717) is 12.0 Å². The van der Waals surface area contributed by atoms with Crippen molar-refractivity contribution in [1.29, 1.82) is 0 Å². The first-order valence-corrected chi connectivity index (χ1v) is 12.9. The van der Waals surface area contributed by atoms with Crippen LogP contribution in [0.4, 0.5) is 10.7 Å². The molecule has 32 heavy (non-hydrogen) atoms. The highest BCUT2D eigenvalue weighted by atomic mass is 35.5. The van der Waals surface area contributed by atoms with E-state index in [2.05, 4.69) is 10.1 Å². The van der Waals surface area contributed by atoms with E-state index in [1.807, 2.05) is 0 Å². The van der Waals surface area contributed by atoms with E-state index in [9.17, 15) is 28.1 Å². The zero-order valence-corrected chi connectivity index (χ0v) is 19.2. The normalized spacial score (nSPS) is 20.3.